The highest BCUT2D eigenvalue weighted by Crippen LogP contribution is 2.41. The summed E-state index contributed by atoms with van der Waals surface area (Å²) in [6.45, 7) is 5.53. The topological polar surface area (TPSA) is 64.6 Å². The molecule has 31 heavy (non-hydrogen) atoms. The first-order valence-electron chi connectivity index (χ1n) is 9.38. The van der Waals surface area contributed by atoms with E-state index in [1.54, 1.807) is 12.1 Å². The van der Waals surface area contributed by atoms with Crippen LogP contribution in [0.5, 0.6) is 5.75 Å². The Morgan fingerprint density at radius 3 is 2.42 bits per heavy atom. The summed E-state index contributed by atoms with van der Waals surface area (Å²) in [4.78, 5) is 26.1. The molecule has 162 valence electrons. The van der Waals surface area contributed by atoms with Gasteiger partial charge >= 0.3 is 5.97 Å². The Morgan fingerprint density at radius 2 is 1.81 bits per heavy atom. The van der Waals surface area contributed by atoms with E-state index in [1.807, 2.05) is 45.0 Å². The second kappa shape index (κ2) is 9.85. The van der Waals surface area contributed by atoms with Gasteiger partial charge in [0.15, 0.2) is 6.61 Å². The van der Waals surface area contributed by atoms with Crippen LogP contribution >= 0.6 is 38.9 Å². The molecule has 0 saturated carbocycles. The number of aryl methyl sites for hydroxylation is 3. The molecule has 0 aliphatic heterocycles. The van der Waals surface area contributed by atoms with Gasteiger partial charge in [-0.05, 0) is 61.7 Å². The fourth-order valence-electron chi connectivity index (χ4n) is 3.35. The van der Waals surface area contributed by atoms with Gasteiger partial charge in [0.05, 0.1) is 7.11 Å². The van der Waals surface area contributed by atoms with Crippen molar-refractivity contribution in [3.8, 4) is 16.9 Å². The number of rotatable bonds is 6. The van der Waals surface area contributed by atoms with Gasteiger partial charge < -0.3 is 14.8 Å². The Labute approximate surface area is 198 Å². The van der Waals surface area contributed by atoms with E-state index in [0.717, 1.165) is 26.0 Å². The number of carbonyl (C=O) groups excluding carboxylic acids is 2. The first-order valence-corrected chi connectivity index (χ1v) is 11.4. The Morgan fingerprint density at radius 1 is 1.13 bits per heavy atom. The van der Waals surface area contributed by atoms with Crippen molar-refractivity contribution in [2.75, 3.05) is 19.0 Å². The maximum absolute atomic E-state index is 12.6. The van der Waals surface area contributed by atoms with E-state index in [4.69, 9.17) is 21.1 Å². The minimum Gasteiger partial charge on any atom is -0.483 e. The summed E-state index contributed by atoms with van der Waals surface area (Å²) in [5.74, 6) is -0.241. The number of hydrogen-bond donors (Lipinski definition) is 1. The second-order valence-electron chi connectivity index (χ2n) is 6.94. The summed E-state index contributed by atoms with van der Waals surface area (Å²) >= 11 is 10.9. The molecule has 0 unspecified atom stereocenters. The number of ether oxygens (including phenoxy) is 2. The average molecular weight is 523 g/mol. The summed E-state index contributed by atoms with van der Waals surface area (Å²) in [7, 11) is 1.31. The van der Waals surface area contributed by atoms with Crippen molar-refractivity contribution in [2.45, 2.75) is 20.8 Å². The van der Waals surface area contributed by atoms with Crippen LogP contribution in [0, 0.1) is 20.8 Å². The van der Waals surface area contributed by atoms with Crippen LogP contribution < -0.4 is 10.1 Å². The van der Waals surface area contributed by atoms with Gasteiger partial charge in [0.1, 0.15) is 16.3 Å². The monoisotopic (exact) mass is 521 g/mol. The summed E-state index contributed by atoms with van der Waals surface area (Å²) in [6.07, 6.45) is 0. The van der Waals surface area contributed by atoms with Crippen molar-refractivity contribution in [1.29, 1.82) is 0 Å². The van der Waals surface area contributed by atoms with Gasteiger partial charge in [-0.3, -0.25) is 4.79 Å². The average Bonchev–Trinajstić information content (AvgIpc) is 3.02. The summed E-state index contributed by atoms with van der Waals surface area (Å²) < 4.78 is 11.7. The van der Waals surface area contributed by atoms with Crippen molar-refractivity contribution in [3.63, 3.8) is 0 Å². The van der Waals surface area contributed by atoms with Crippen molar-refractivity contribution in [2.24, 2.45) is 0 Å². The quantitative estimate of drug-likeness (QED) is 0.372. The van der Waals surface area contributed by atoms with Crippen molar-refractivity contribution in [1.82, 2.24) is 0 Å². The Bertz CT molecular complexity index is 1140. The zero-order valence-corrected chi connectivity index (χ0v) is 20.6. The number of methoxy groups -OCH3 is 1. The van der Waals surface area contributed by atoms with E-state index in [9.17, 15) is 9.59 Å². The Hall–Kier alpha value is -2.35. The molecule has 1 amide bonds. The minimum atomic E-state index is -0.532. The maximum Gasteiger partial charge on any atom is 0.341 e. The Balaban J connectivity index is 1.87. The van der Waals surface area contributed by atoms with Crippen LogP contribution in [0.3, 0.4) is 0 Å². The molecule has 2 aromatic carbocycles. The molecule has 3 rings (SSSR count). The van der Waals surface area contributed by atoms with Crippen molar-refractivity contribution in [3.05, 3.63) is 67.5 Å². The number of carbonyl (C=O) groups is 2. The van der Waals surface area contributed by atoms with Gasteiger partial charge in [-0.15, -0.1) is 11.3 Å². The lowest BCUT2D eigenvalue weighted by molar-refractivity contribution is -0.118. The smallest absolute Gasteiger partial charge is 0.341 e. The lowest BCUT2D eigenvalue weighted by Crippen LogP contribution is -2.21. The molecular formula is C23H21BrClNO4S. The number of hydrogen-bond acceptors (Lipinski definition) is 5. The van der Waals surface area contributed by atoms with Crippen LogP contribution in [-0.4, -0.2) is 25.6 Å². The summed E-state index contributed by atoms with van der Waals surface area (Å²) in [5, 5.41) is 3.77. The molecule has 0 aliphatic carbocycles. The van der Waals surface area contributed by atoms with Crippen molar-refractivity contribution < 1.29 is 19.1 Å². The van der Waals surface area contributed by atoms with Crippen molar-refractivity contribution >= 4 is 55.7 Å². The third-order valence-electron chi connectivity index (χ3n) is 4.61. The van der Waals surface area contributed by atoms with Gasteiger partial charge in [0.25, 0.3) is 5.91 Å². The number of benzene rings is 2. The van der Waals surface area contributed by atoms with Crippen LogP contribution in [-0.2, 0) is 9.53 Å². The number of thiophene rings is 1. The molecule has 0 saturated heterocycles. The van der Waals surface area contributed by atoms with Gasteiger partial charge in [-0.2, -0.15) is 0 Å². The molecule has 0 spiro atoms. The normalized spacial score (nSPS) is 10.6. The van der Waals surface area contributed by atoms with Crippen LogP contribution in [0.2, 0.25) is 5.02 Å². The molecule has 1 N–H and O–H groups in total. The molecule has 0 bridgehead atoms. The van der Waals surface area contributed by atoms with Crippen LogP contribution in [0.15, 0.2) is 40.9 Å². The fourth-order valence-corrected chi connectivity index (χ4v) is 5.30. The first kappa shape index (κ1) is 23.3. The molecule has 3 aromatic rings. The number of halogens is 2. The van der Waals surface area contributed by atoms with E-state index in [2.05, 4.69) is 21.2 Å². The highest BCUT2D eigenvalue weighted by Gasteiger charge is 2.25. The molecule has 8 heteroatoms. The fraction of sp³-hybridized carbons (Fsp3) is 0.217. The SMILES string of the molecule is COC(=O)c1c(NC(=O)COc2c(C)cc(Br)cc2C)sc(C)c1-c1cccc(Cl)c1. The zero-order chi connectivity index (χ0) is 22.7. The number of esters is 1. The predicted octanol–water partition coefficient (Wildman–Crippen LogP) is 6.56. The lowest BCUT2D eigenvalue weighted by atomic mass is 10.0. The second-order valence-corrected chi connectivity index (χ2v) is 9.52. The van der Waals surface area contributed by atoms with Gasteiger partial charge in [-0.1, -0.05) is 39.7 Å². The van der Waals surface area contributed by atoms with Crippen LogP contribution in [0.1, 0.15) is 26.4 Å². The molecule has 0 fully saturated rings. The molecule has 0 atom stereocenters. The van der Waals surface area contributed by atoms with Gasteiger partial charge in [0, 0.05) is 19.9 Å². The van der Waals surface area contributed by atoms with E-state index in [1.165, 1.54) is 18.4 Å². The summed E-state index contributed by atoms with van der Waals surface area (Å²) in [6, 6.07) is 11.1. The van der Waals surface area contributed by atoms with Crippen LogP contribution in [0.25, 0.3) is 11.1 Å². The van der Waals surface area contributed by atoms with E-state index >= 15 is 0 Å². The predicted molar refractivity (Wildman–Crippen MR) is 129 cm³/mol. The highest BCUT2D eigenvalue weighted by molar-refractivity contribution is 9.10. The molecule has 1 heterocycles. The van der Waals surface area contributed by atoms with E-state index < -0.39 is 5.97 Å². The van der Waals surface area contributed by atoms with E-state index in [0.29, 0.717) is 26.9 Å². The van der Waals surface area contributed by atoms with Gasteiger partial charge in [0.2, 0.25) is 0 Å². The third kappa shape index (κ3) is 5.29. The minimum absolute atomic E-state index is 0.187. The van der Waals surface area contributed by atoms with E-state index in [-0.39, 0.29) is 12.5 Å². The molecule has 1 aromatic heterocycles. The largest absolute Gasteiger partial charge is 0.483 e. The number of anilines is 1. The molecule has 0 aliphatic rings. The molecule has 0 radical (unpaired) electrons. The Kier molecular flexibility index (Phi) is 7.41. The van der Waals surface area contributed by atoms with Gasteiger partial charge in [-0.25, -0.2) is 4.79 Å². The molecular weight excluding hydrogens is 502 g/mol. The molecule has 5 nitrogen and oxygen atoms in total. The maximum atomic E-state index is 12.6. The number of amides is 1. The van der Waals surface area contributed by atoms with Crippen LogP contribution in [0.4, 0.5) is 5.00 Å². The zero-order valence-electron chi connectivity index (χ0n) is 17.5. The number of nitrogens with one attached hydrogen (secondary N) is 1. The standard InChI is InChI=1S/C23H21BrClNO4S/c1-12-8-16(24)9-13(2)21(12)30-11-18(27)26-22-20(23(28)29-4)19(14(3)31-22)15-6-5-7-17(25)10-15/h5-10H,11H2,1-4H3,(H,26,27). The highest BCUT2D eigenvalue weighted by atomic mass is 79.9. The summed E-state index contributed by atoms with van der Waals surface area (Å²) in [5.41, 5.74) is 3.61. The third-order valence-corrected chi connectivity index (χ3v) is 6.33. The first-order chi connectivity index (χ1) is 14.7. The lowest BCUT2D eigenvalue weighted by Gasteiger charge is -2.13.